The van der Waals surface area contributed by atoms with Crippen molar-refractivity contribution in [2.45, 2.75) is 59.8 Å². The normalized spacial score (nSPS) is 18.8. The Balaban J connectivity index is 1.61. The Hall–Kier alpha value is -2.29. The third-order valence-corrected chi connectivity index (χ3v) is 7.00. The van der Waals surface area contributed by atoms with Crippen LogP contribution < -0.4 is 9.80 Å². The van der Waals surface area contributed by atoms with Crippen LogP contribution in [-0.2, 0) is 17.6 Å². The smallest absolute Gasteiger partial charge is 0.139 e. The second kappa shape index (κ2) is 11.4. The molecule has 1 saturated carbocycles. The Labute approximate surface area is 189 Å². The highest BCUT2D eigenvalue weighted by Gasteiger charge is 2.31. The number of anilines is 2. The fourth-order valence-electron chi connectivity index (χ4n) is 5.07. The first-order valence-electron chi connectivity index (χ1n) is 12.3. The second-order valence-electron chi connectivity index (χ2n) is 8.81. The highest BCUT2D eigenvalue weighted by Crippen LogP contribution is 2.31. The maximum Gasteiger partial charge on any atom is 0.139 e. The van der Waals surface area contributed by atoms with Gasteiger partial charge in [-0.1, -0.05) is 30.7 Å². The summed E-state index contributed by atoms with van der Waals surface area (Å²) in [6.07, 6.45) is 5.00. The Morgan fingerprint density at radius 2 is 1.00 bits per heavy atom. The molecule has 2 aromatic rings. The molecule has 31 heavy (non-hydrogen) atoms. The van der Waals surface area contributed by atoms with Gasteiger partial charge in [-0.05, 0) is 88.8 Å². The number of carbonyl (C=O) groups is 1. The molecule has 1 fully saturated rings. The highest BCUT2D eigenvalue weighted by atomic mass is 16.1. The summed E-state index contributed by atoms with van der Waals surface area (Å²) in [6.45, 7) is 12.8. The Morgan fingerprint density at radius 1 is 0.645 bits per heavy atom. The molecule has 1 aliphatic carbocycles. The van der Waals surface area contributed by atoms with Crippen LogP contribution in [0.15, 0.2) is 48.5 Å². The number of rotatable bonds is 10. The maximum atomic E-state index is 13.3. The molecule has 2 atom stereocenters. The van der Waals surface area contributed by atoms with E-state index in [1.165, 1.54) is 22.5 Å². The van der Waals surface area contributed by atoms with Gasteiger partial charge in [-0.15, -0.1) is 0 Å². The van der Waals surface area contributed by atoms with Crippen molar-refractivity contribution in [3.63, 3.8) is 0 Å². The number of hydrogen-bond donors (Lipinski definition) is 0. The van der Waals surface area contributed by atoms with Crippen molar-refractivity contribution in [2.24, 2.45) is 11.8 Å². The van der Waals surface area contributed by atoms with Crippen molar-refractivity contribution in [2.75, 3.05) is 36.0 Å². The summed E-state index contributed by atoms with van der Waals surface area (Å²) in [4.78, 5) is 18.0. The monoisotopic (exact) mass is 420 g/mol. The van der Waals surface area contributed by atoms with Gasteiger partial charge in [-0.2, -0.15) is 0 Å². The molecule has 0 spiro atoms. The van der Waals surface area contributed by atoms with E-state index >= 15 is 0 Å². The molecule has 1 aliphatic rings. The van der Waals surface area contributed by atoms with Gasteiger partial charge < -0.3 is 9.80 Å². The molecule has 0 N–H and O–H groups in total. The summed E-state index contributed by atoms with van der Waals surface area (Å²) >= 11 is 0. The number of ketones is 1. The van der Waals surface area contributed by atoms with Gasteiger partial charge in [-0.25, -0.2) is 0 Å². The molecule has 0 amide bonds. The number of hydrogen-bond acceptors (Lipinski definition) is 3. The van der Waals surface area contributed by atoms with E-state index in [-0.39, 0.29) is 11.8 Å². The van der Waals surface area contributed by atoms with Crippen LogP contribution in [0.1, 0.15) is 58.1 Å². The van der Waals surface area contributed by atoms with Crippen molar-refractivity contribution in [3.8, 4) is 0 Å². The van der Waals surface area contributed by atoms with Crippen molar-refractivity contribution in [3.05, 3.63) is 59.7 Å². The van der Waals surface area contributed by atoms with Crippen LogP contribution in [0.4, 0.5) is 11.4 Å². The fraction of sp³-hybridized carbons (Fsp3) is 0.536. The van der Waals surface area contributed by atoms with Crippen LogP contribution >= 0.6 is 0 Å². The van der Waals surface area contributed by atoms with Crippen LogP contribution in [0.25, 0.3) is 0 Å². The molecule has 3 rings (SSSR count). The average molecular weight is 421 g/mol. The Kier molecular flexibility index (Phi) is 8.57. The van der Waals surface area contributed by atoms with Crippen LogP contribution in [0.5, 0.6) is 0 Å². The first-order valence-corrected chi connectivity index (χ1v) is 12.3. The van der Waals surface area contributed by atoms with E-state index in [1.807, 2.05) is 0 Å². The summed E-state index contributed by atoms with van der Waals surface area (Å²) in [5.74, 6) is 0.827. The lowest BCUT2D eigenvalue weighted by Crippen LogP contribution is -2.31. The van der Waals surface area contributed by atoms with Crippen LogP contribution in [-0.4, -0.2) is 32.0 Å². The molecule has 0 aromatic heterocycles. The quantitative estimate of drug-likeness (QED) is 0.460. The number of carbonyl (C=O) groups excluding carboxylic acids is 1. The molecule has 0 heterocycles. The van der Waals surface area contributed by atoms with E-state index in [0.29, 0.717) is 5.78 Å². The van der Waals surface area contributed by atoms with E-state index < -0.39 is 0 Å². The molecule has 0 aliphatic heterocycles. The predicted octanol–water partition coefficient (Wildman–Crippen LogP) is 6.15. The van der Waals surface area contributed by atoms with Gasteiger partial charge in [0.2, 0.25) is 0 Å². The second-order valence-corrected chi connectivity index (χ2v) is 8.81. The average Bonchev–Trinajstić information content (AvgIpc) is 2.80. The van der Waals surface area contributed by atoms with Crippen LogP contribution in [0, 0.1) is 11.8 Å². The van der Waals surface area contributed by atoms with Gasteiger partial charge in [0, 0.05) is 49.4 Å². The summed E-state index contributed by atoms with van der Waals surface area (Å²) in [5, 5.41) is 0. The Bertz CT molecular complexity index is 736. The lowest BCUT2D eigenvalue weighted by Gasteiger charge is -2.28. The van der Waals surface area contributed by atoms with E-state index in [9.17, 15) is 4.79 Å². The molecule has 0 radical (unpaired) electrons. The highest BCUT2D eigenvalue weighted by molar-refractivity contribution is 5.84. The van der Waals surface area contributed by atoms with Crippen molar-refractivity contribution >= 4 is 17.2 Å². The molecule has 0 saturated heterocycles. The zero-order valence-corrected chi connectivity index (χ0v) is 19.9. The van der Waals surface area contributed by atoms with E-state index in [4.69, 9.17) is 0 Å². The van der Waals surface area contributed by atoms with Crippen LogP contribution in [0.2, 0.25) is 0 Å². The lowest BCUT2D eigenvalue weighted by molar-refractivity contribution is -0.129. The maximum absolute atomic E-state index is 13.3. The molecule has 0 bridgehead atoms. The molecular formula is C28H40N2O. The molecule has 3 heteroatoms. The third kappa shape index (κ3) is 5.90. The van der Waals surface area contributed by atoms with E-state index in [1.54, 1.807) is 0 Å². The van der Waals surface area contributed by atoms with Crippen molar-refractivity contribution in [1.82, 2.24) is 0 Å². The SMILES string of the molecule is CCN(CC)c1ccc(CC2CCCC(Cc3ccc(N(CC)CC)cc3)C2=O)cc1. The summed E-state index contributed by atoms with van der Waals surface area (Å²) in [7, 11) is 0. The number of nitrogens with zero attached hydrogens (tertiary/aromatic N) is 2. The zero-order valence-electron chi connectivity index (χ0n) is 19.9. The molecule has 168 valence electrons. The number of Topliss-reactive ketones (excluding diaryl/α,β-unsaturated/α-hetero) is 1. The molecule has 2 unspecified atom stereocenters. The fourth-order valence-corrected chi connectivity index (χ4v) is 5.07. The number of benzene rings is 2. The van der Waals surface area contributed by atoms with Crippen molar-refractivity contribution < 1.29 is 4.79 Å². The minimum absolute atomic E-state index is 0.174. The first kappa shape index (κ1) is 23.4. The van der Waals surface area contributed by atoms with Gasteiger partial charge in [0.05, 0.1) is 0 Å². The minimum atomic E-state index is 0.174. The zero-order chi connectivity index (χ0) is 22.2. The van der Waals surface area contributed by atoms with Crippen molar-refractivity contribution in [1.29, 1.82) is 0 Å². The summed E-state index contributed by atoms with van der Waals surface area (Å²) in [6, 6.07) is 17.7. The Morgan fingerprint density at radius 3 is 1.32 bits per heavy atom. The van der Waals surface area contributed by atoms with Gasteiger partial charge in [-0.3, -0.25) is 4.79 Å². The largest absolute Gasteiger partial charge is 0.372 e. The topological polar surface area (TPSA) is 23.6 Å². The predicted molar refractivity (Wildman–Crippen MR) is 133 cm³/mol. The van der Waals surface area contributed by atoms with Gasteiger partial charge >= 0.3 is 0 Å². The molecule has 3 nitrogen and oxygen atoms in total. The molecular weight excluding hydrogens is 380 g/mol. The van der Waals surface area contributed by atoms with Crippen LogP contribution in [0.3, 0.4) is 0 Å². The summed E-state index contributed by atoms with van der Waals surface area (Å²) in [5.41, 5.74) is 5.13. The van der Waals surface area contributed by atoms with Gasteiger partial charge in [0.25, 0.3) is 0 Å². The van der Waals surface area contributed by atoms with Gasteiger partial charge in [0.1, 0.15) is 5.78 Å². The van der Waals surface area contributed by atoms with E-state index in [0.717, 1.165) is 58.3 Å². The molecule has 2 aromatic carbocycles. The third-order valence-electron chi connectivity index (χ3n) is 7.00. The summed E-state index contributed by atoms with van der Waals surface area (Å²) < 4.78 is 0. The minimum Gasteiger partial charge on any atom is -0.372 e. The standard InChI is InChI=1S/C28H40N2O/c1-5-29(6-2)26-16-12-22(13-17-26)20-24-10-9-11-25(28(24)31)21-23-14-18-27(19-15-23)30(7-3)8-4/h12-19,24-25H,5-11,20-21H2,1-4H3. The van der Waals surface area contributed by atoms with Gasteiger partial charge in [0.15, 0.2) is 0 Å². The van der Waals surface area contributed by atoms with E-state index in [2.05, 4.69) is 86.0 Å². The first-order chi connectivity index (χ1) is 15.1. The lowest BCUT2D eigenvalue weighted by atomic mass is 9.75.